The first-order valence-electron chi connectivity index (χ1n) is 21.5. The molecule has 1 N–H and O–H groups in total. The first kappa shape index (κ1) is 48.0. The predicted molar refractivity (Wildman–Crippen MR) is 249 cm³/mol. The van der Waals surface area contributed by atoms with Crippen LogP contribution in [0.25, 0.3) is 53.3 Å². The number of halogens is 1. The van der Waals surface area contributed by atoms with E-state index in [4.69, 9.17) is 4.98 Å². The van der Waals surface area contributed by atoms with Crippen molar-refractivity contribution in [2.45, 2.75) is 139 Å². The minimum absolute atomic E-state index is 0. The van der Waals surface area contributed by atoms with E-state index < -0.39 is 0 Å². The largest absolute Gasteiger partial charge is 0.512 e. The van der Waals surface area contributed by atoms with Crippen molar-refractivity contribution in [1.82, 2.24) is 4.98 Å². The van der Waals surface area contributed by atoms with Crippen molar-refractivity contribution in [2.24, 2.45) is 11.8 Å². The van der Waals surface area contributed by atoms with Crippen LogP contribution >= 0.6 is 11.3 Å². The summed E-state index contributed by atoms with van der Waals surface area (Å²) in [4.78, 5) is 16.6. The van der Waals surface area contributed by atoms with E-state index in [0.29, 0.717) is 16.2 Å². The second kappa shape index (κ2) is 20.2. The Labute approximate surface area is 371 Å². The van der Waals surface area contributed by atoms with Gasteiger partial charge < -0.3 is 5.11 Å². The topological polar surface area (TPSA) is 50.2 Å². The van der Waals surface area contributed by atoms with Crippen LogP contribution in [0, 0.1) is 23.7 Å². The molecule has 59 heavy (non-hydrogen) atoms. The van der Waals surface area contributed by atoms with Crippen LogP contribution in [0.2, 0.25) is 0 Å². The number of benzene rings is 4. The molecule has 0 aliphatic carbocycles. The average molecular weight is 991 g/mol. The van der Waals surface area contributed by atoms with Crippen molar-refractivity contribution in [1.29, 1.82) is 0 Å². The van der Waals surface area contributed by atoms with E-state index in [1.807, 2.05) is 46.0 Å². The zero-order valence-corrected chi connectivity index (χ0v) is 40.8. The third-order valence-electron chi connectivity index (χ3n) is 11.8. The molecule has 1 radical (unpaired) electrons. The summed E-state index contributed by atoms with van der Waals surface area (Å²) in [5, 5.41) is 14.0. The number of fused-ring (bicyclic) bond motifs is 4. The molecule has 0 aliphatic rings. The maximum atomic E-state index is 16.9. The zero-order valence-electron chi connectivity index (χ0n) is 37.6. The first-order chi connectivity index (χ1) is 27.5. The Morgan fingerprint density at radius 2 is 1.36 bits per heavy atom. The molecule has 0 amide bonds. The van der Waals surface area contributed by atoms with Gasteiger partial charge in [-0.25, -0.2) is 4.39 Å². The van der Waals surface area contributed by atoms with Crippen molar-refractivity contribution in [3.8, 4) is 22.4 Å². The molecule has 0 saturated carbocycles. The number of aromatic nitrogens is 1. The molecule has 317 valence electrons. The third kappa shape index (κ3) is 10.3. The fourth-order valence-electron chi connectivity index (χ4n) is 8.14. The van der Waals surface area contributed by atoms with Crippen LogP contribution in [0.15, 0.2) is 78.7 Å². The van der Waals surface area contributed by atoms with Crippen LogP contribution in [-0.2, 0) is 30.3 Å². The smallest absolute Gasteiger partial charge is 0.162 e. The van der Waals surface area contributed by atoms with Gasteiger partial charge in [0.15, 0.2) is 5.78 Å². The monoisotopic (exact) mass is 991 g/mol. The Bertz CT molecular complexity index is 2400. The number of thiophene rings is 1. The van der Waals surface area contributed by atoms with Gasteiger partial charge in [-0.05, 0) is 82.6 Å². The molecular formula is C53H65FIrNO2S-. The molecule has 6 heteroatoms. The van der Waals surface area contributed by atoms with Crippen molar-refractivity contribution in [2.75, 3.05) is 0 Å². The van der Waals surface area contributed by atoms with Gasteiger partial charge in [-0.2, -0.15) is 0 Å². The Morgan fingerprint density at radius 1 is 0.780 bits per heavy atom. The van der Waals surface area contributed by atoms with Gasteiger partial charge in [-0.3, -0.25) is 9.78 Å². The van der Waals surface area contributed by atoms with Crippen LogP contribution in [0.4, 0.5) is 4.39 Å². The number of aliphatic hydroxyl groups excluding tert-OH is 1. The molecule has 3 nitrogen and oxygen atoms in total. The van der Waals surface area contributed by atoms with Gasteiger partial charge in [-0.1, -0.05) is 143 Å². The van der Waals surface area contributed by atoms with Gasteiger partial charge in [0.2, 0.25) is 0 Å². The number of pyridine rings is 1. The van der Waals surface area contributed by atoms with E-state index >= 15 is 4.39 Å². The molecule has 2 heterocycles. The number of ketones is 1. The summed E-state index contributed by atoms with van der Waals surface area (Å²) in [6.45, 7) is 28.1. The van der Waals surface area contributed by atoms with E-state index in [-0.39, 0.29) is 66.6 Å². The number of hydrogen-bond donors (Lipinski definition) is 1. The molecule has 0 saturated heterocycles. The average Bonchev–Trinajstić information content (AvgIpc) is 3.58. The summed E-state index contributed by atoms with van der Waals surface area (Å²) in [5.41, 5.74) is 8.54. The van der Waals surface area contributed by atoms with Gasteiger partial charge in [0.1, 0.15) is 5.82 Å². The maximum Gasteiger partial charge on any atom is 0.162 e. The van der Waals surface area contributed by atoms with Crippen LogP contribution in [0.1, 0.15) is 156 Å². The van der Waals surface area contributed by atoms with Crippen molar-refractivity contribution in [3.63, 3.8) is 0 Å². The Kier molecular flexibility index (Phi) is 16.5. The molecule has 0 unspecified atom stereocenters. The molecule has 0 spiro atoms. The van der Waals surface area contributed by atoms with Crippen molar-refractivity contribution >= 4 is 48.1 Å². The van der Waals surface area contributed by atoms with Gasteiger partial charge in [0, 0.05) is 65.6 Å². The second-order valence-electron chi connectivity index (χ2n) is 17.9. The van der Waals surface area contributed by atoms with Gasteiger partial charge in [-0.15, -0.1) is 40.5 Å². The molecule has 4 aromatic carbocycles. The standard InChI is InChI=1S/C40H41FNS.C13H24O2.Ir/c1-22(2)26-19-32(23(3)4)35(33(20-26)24(5)6)31-15-14-29-30-16-17-42-37(39(30)43-38(29)36(31)41)27-18-25-12-10-11-13-28(25)34(21-27)40(7,8)9;1-5-10(6-2)12(14)9-13(15)11(7-3)8-4;/h10-17,19-24H,1-9H3;9-11,14H,5-8H2,1-4H3;/q-1;;/b;12-9-;. The van der Waals surface area contributed by atoms with Crippen LogP contribution < -0.4 is 0 Å². The molecule has 2 aromatic heterocycles. The van der Waals surface area contributed by atoms with E-state index in [2.05, 4.69) is 117 Å². The van der Waals surface area contributed by atoms with Crippen LogP contribution in [0.5, 0.6) is 0 Å². The Balaban J connectivity index is 0.000000411. The van der Waals surface area contributed by atoms with Gasteiger partial charge in [0.25, 0.3) is 0 Å². The van der Waals surface area contributed by atoms with Gasteiger partial charge >= 0.3 is 0 Å². The molecular weight excluding hydrogens is 926 g/mol. The number of carbonyl (C=O) groups is 1. The molecule has 6 rings (SSSR count). The number of aliphatic hydroxyl groups is 1. The summed E-state index contributed by atoms with van der Waals surface area (Å²) in [6.07, 6.45) is 6.76. The summed E-state index contributed by atoms with van der Waals surface area (Å²) in [5.74, 6) is 1.38. The summed E-state index contributed by atoms with van der Waals surface area (Å²) in [6, 6.07) is 25.1. The summed E-state index contributed by atoms with van der Waals surface area (Å²) >= 11 is 1.52. The molecule has 0 atom stereocenters. The molecule has 0 bridgehead atoms. The number of rotatable bonds is 12. The quantitative estimate of drug-likeness (QED) is 0.0755. The number of allylic oxidation sites excluding steroid dienone is 2. The predicted octanol–water partition coefficient (Wildman–Crippen LogP) is 16.4. The van der Waals surface area contributed by atoms with E-state index in [0.717, 1.165) is 63.4 Å². The Morgan fingerprint density at radius 3 is 1.90 bits per heavy atom. The Hall–Kier alpha value is -3.70. The fourth-order valence-corrected chi connectivity index (χ4v) is 9.38. The van der Waals surface area contributed by atoms with Crippen molar-refractivity contribution < 1.29 is 34.4 Å². The minimum Gasteiger partial charge on any atom is -0.512 e. The van der Waals surface area contributed by atoms with Crippen LogP contribution in [-0.4, -0.2) is 15.9 Å². The molecule has 0 fully saturated rings. The van der Waals surface area contributed by atoms with E-state index in [1.54, 1.807) is 0 Å². The molecule has 0 aliphatic heterocycles. The van der Waals surface area contributed by atoms with E-state index in [1.165, 1.54) is 45.1 Å². The second-order valence-corrected chi connectivity index (χ2v) is 18.9. The SMILES string of the molecule is CC(C)c1cc(C(C)C)c(-c2ccc3c(sc4c(-c5[c-]c6ccccc6c(C(C)(C)C)c5)nccc43)c2F)c(C(C)C)c1.CCC(CC)C(=O)/C=C(\O)C(CC)CC.[Ir]. The molecule has 6 aromatic rings. The number of nitrogens with zero attached hydrogens (tertiary/aromatic N) is 1. The van der Waals surface area contributed by atoms with Gasteiger partial charge in [0.05, 0.1) is 10.5 Å². The normalized spacial score (nSPS) is 12.4. The first-order valence-corrected chi connectivity index (χ1v) is 22.4. The summed E-state index contributed by atoms with van der Waals surface area (Å²) in [7, 11) is 0. The van der Waals surface area contributed by atoms with Crippen LogP contribution in [0.3, 0.4) is 0 Å². The van der Waals surface area contributed by atoms with Crippen molar-refractivity contribution in [3.05, 3.63) is 113 Å². The maximum absolute atomic E-state index is 16.9. The van der Waals surface area contributed by atoms with E-state index in [9.17, 15) is 9.90 Å². The number of carbonyl (C=O) groups excluding carboxylic acids is 1. The third-order valence-corrected chi connectivity index (χ3v) is 13.0. The minimum atomic E-state index is -0.136. The number of hydrogen-bond acceptors (Lipinski definition) is 4. The zero-order chi connectivity index (χ0) is 42.6. The fraction of sp³-hybridized carbons (Fsp3) is 0.434. The summed E-state index contributed by atoms with van der Waals surface area (Å²) < 4.78 is 18.6.